The Hall–Kier alpha value is -3.46. The lowest BCUT2D eigenvalue weighted by atomic mass is 10.1. The van der Waals surface area contributed by atoms with Gasteiger partial charge in [-0.25, -0.2) is 0 Å². The largest absolute Gasteiger partial charge is 0.134 e. The molecule has 0 atom stereocenters. The number of rotatable bonds is 6. The van der Waals surface area contributed by atoms with Gasteiger partial charge in [0, 0.05) is 20.2 Å². The number of hydrogen-bond acceptors (Lipinski definition) is 2. The van der Waals surface area contributed by atoms with Gasteiger partial charge < -0.3 is 0 Å². The number of hydrogen-bond donors (Lipinski definition) is 0. The molecule has 0 bridgehead atoms. The minimum Gasteiger partial charge on any atom is -0.134 e. The molecule has 6 rings (SSSR count). The van der Waals surface area contributed by atoms with Gasteiger partial charge in [-0.2, -0.15) is 0 Å². The standard InChI is InChI=1S/C34H28S2/c1-3-23-5-9-25(10-6-23)13-15-27-17-19-29-31(21-27)35-34-30-20-18-28(22-32(30)36-33(29)34)16-14-26-11-7-24(4-2)8-12-26/h5-22H,3-4H2,1-2H3/b15-13+,16-14+. The minimum absolute atomic E-state index is 1.08. The van der Waals surface area contributed by atoms with Gasteiger partial charge in [-0.05, 0) is 58.4 Å². The second-order valence-electron chi connectivity index (χ2n) is 9.23. The van der Waals surface area contributed by atoms with E-state index in [2.05, 4.69) is 123 Å². The van der Waals surface area contributed by atoms with E-state index < -0.39 is 0 Å². The highest BCUT2D eigenvalue weighted by molar-refractivity contribution is 7.36. The molecule has 0 aliphatic heterocycles. The highest BCUT2D eigenvalue weighted by atomic mass is 32.1. The molecule has 0 aliphatic carbocycles. The van der Waals surface area contributed by atoms with Gasteiger partial charge in [0.2, 0.25) is 0 Å². The molecule has 36 heavy (non-hydrogen) atoms. The maximum Gasteiger partial charge on any atom is 0.0542 e. The van der Waals surface area contributed by atoms with E-state index in [0.29, 0.717) is 0 Å². The Kier molecular flexibility index (Phi) is 6.31. The first-order valence-electron chi connectivity index (χ1n) is 12.6. The van der Waals surface area contributed by atoms with Crippen molar-refractivity contribution in [2.45, 2.75) is 26.7 Å². The normalized spacial score (nSPS) is 12.2. The molecule has 2 heterocycles. The molecule has 0 fully saturated rings. The summed E-state index contributed by atoms with van der Waals surface area (Å²) in [5.41, 5.74) is 7.74. The fourth-order valence-electron chi connectivity index (χ4n) is 4.61. The topological polar surface area (TPSA) is 0 Å². The monoisotopic (exact) mass is 500 g/mol. The van der Waals surface area contributed by atoms with Gasteiger partial charge in [-0.3, -0.25) is 0 Å². The van der Waals surface area contributed by atoms with E-state index >= 15 is 0 Å². The Balaban J connectivity index is 1.28. The molecule has 176 valence electrons. The average molecular weight is 501 g/mol. The Morgan fingerprint density at radius 3 is 1.22 bits per heavy atom. The van der Waals surface area contributed by atoms with Crippen LogP contribution in [0.3, 0.4) is 0 Å². The van der Waals surface area contributed by atoms with Crippen LogP contribution in [0, 0.1) is 0 Å². The molecule has 0 saturated heterocycles. The maximum atomic E-state index is 2.33. The van der Waals surface area contributed by atoms with Crippen molar-refractivity contribution in [3.8, 4) is 0 Å². The second-order valence-corrected chi connectivity index (χ2v) is 11.3. The van der Waals surface area contributed by atoms with Gasteiger partial charge in [-0.1, -0.05) is 111 Å². The van der Waals surface area contributed by atoms with Crippen molar-refractivity contribution in [2.75, 3.05) is 0 Å². The molecule has 2 aromatic heterocycles. The van der Waals surface area contributed by atoms with E-state index in [4.69, 9.17) is 0 Å². The van der Waals surface area contributed by atoms with Crippen LogP contribution in [0.15, 0.2) is 84.9 Å². The SMILES string of the molecule is CCc1ccc(/C=C/c2ccc3c(c2)sc2c4ccc(/C=C/c5ccc(CC)cc5)cc4sc32)cc1. The summed E-state index contributed by atoms with van der Waals surface area (Å²) in [5, 5.41) is 2.74. The minimum atomic E-state index is 1.08. The predicted octanol–water partition coefficient (Wildman–Crippen LogP) is 10.7. The van der Waals surface area contributed by atoms with Gasteiger partial charge in [0.05, 0.1) is 9.40 Å². The molecular weight excluding hydrogens is 473 g/mol. The number of aryl methyl sites for hydroxylation is 2. The number of thiophene rings is 2. The van der Waals surface area contributed by atoms with Crippen molar-refractivity contribution < 1.29 is 0 Å². The van der Waals surface area contributed by atoms with Gasteiger partial charge in [0.25, 0.3) is 0 Å². The van der Waals surface area contributed by atoms with Crippen LogP contribution >= 0.6 is 22.7 Å². The summed E-state index contributed by atoms with van der Waals surface area (Å²) in [6.07, 6.45) is 11.0. The fourth-order valence-corrected chi connectivity index (χ4v) is 7.36. The number of benzene rings is 4. The molecule has 0 radical (unpaired) electrons. The zero-order chi connectivity index (χ0) is 24.5. The fraction of sp³-hybridized carbons (Fsp3) is 0.118. The Bertz CT molecular complexity index is 1590. The van der Waals surface area contributed by atoms with Crippen LogP contribution in [0.25, 0.3) is 53.9 Å². The molecule has 0 N–H and O–H groups in total. The third-order valence-corrected chi connectivity index (χ3v) is 9.34. The third kappa shape index (κ3) is 4.55. The molecule has 0 spiro atoms. The van der Waals surface area contributed by atoms with E-state index in [1.807, 2.05) is 22.7 Å². The summed E-state index contributed by atoms with van der Waals surface area (Å²) in [6, 6.07) is 31.4. The van der Waals surface area contributed by atoms with Crippen molar-refractivity contribution in [1.82, 2.24) is 0 Å². The Labute approximate surface area is 220 Å². The molecule has 0 amide bonds. The quantitative estimate of drug-likeness (QED) is 0.199. The molecule has 0 aliphatic rings. The van der Waals surface area contributed by atoms with Crippen molar-refractivity contribution in [3.05, 3.63) is 118 Å². The van der Waals surface area contributed by atoms with Crippen molar-refractivity contribution in [3.63, 3.8) is 0 Å². The van der Waals surface area contributed by atoms with Crippen LogP contribution in [-0.2, 0) is 12.8 Å². The first-order valence-corrected chi connectivity index (χ1v) is 14.3. The molecule has 4 aromatic carbocycles. The number of fused-ring (bicyclic) bond motifs is 5. The highest BCUT2D eigenvalue weighted by Crippen LogP contribution is 2.44. The molecule has 0 unspecified atom stereocenters. The molecule has 0 nitrogen and oxygen atoms in total. The maximum absolute atomic E-state index is 2.33. The van der Waals surface area contributed by atoms with Crippen LogP contribution in [-0.4, -0.2) is 0 Å². The molecular formula is C34H28S2. The van der Waals surface area contributed by atoms with E-state index in [0.717, 1.165) is 12.8 Å². The van der Waals surface area contributed by atoms with Gasteiger partial charge in [0.1, 0.15) is 0 Å². The Morgan fingerprint density at radius 1 is 0.472 bits per heavy atom. The summed E-state index contributed by atoms with van der Waals surface area (Å²) >= 11 is 3.83. The summed E-state index contributed by atoms with van der Waals surface area (Å²) in [4.78, 5) is 0. The molecule has 0 saturated carbocycles. The van der Waals surface area contributed by atoms with E-state index in [1.54, 1.807) is 0 Å². The smallest absolute Gasteiger partial charge is 0.0542 e. The zero-order valence-corrected chi connectivity index (χ0v) is 22.3. The van der Waals surface area contributed by atoms with Crippen molar-refractivity contribution in [1.29, 1.82) is 0 Å². The van der Waals surface area contributed by atoms with Crippen molar-refractivity contribution in [2.24, 2.45) is 0 Å². The second kappa shape index (κ2) is 9.89. The van der Waals surface area contributed by atoms with Crippen LogP contribution in [0.5, 0.6) is 0 Å². The van der Waals surface area contributed by atoms with Crippen LogP contribution in [0.4, 0.5) is 0 Å². The zero-order valence-electron chi connectivity index (χ0n) is 20.6. The van der Waals surface area contributed by atoms with E-state index in [1.165, 1.54) is 63.0 Å². The van der Waals surface area contributed by atoms with Crippen molar-refractivity contribution >= 4 is 76.5 Å². The Morgan fingerprint density at radius 2 is 0.833 bits per heavy atom. The summed E-state index contributed by atoms with van der Waals surface area (Å²) in [5.74, 6) is 0. The van der Waals surface area contributed by atoms with E-state index in [-0.39, 0.29) is 0 Å². The van der Waals surface area contributed by atoms with Crippen LogP contribution < -0.4 is 0 Å². The summed E-state index contributed by atoms with van der Waals surface area (Å²) < 4.78 is 5.54. The first kappa shape index (κ1) is 23.0. The lowest BCUT2D eigenvalue weighted by Crippen LogP contribution is -1.79. The van der Waals surface area contributed by atoms with Crippen LogP contribution in [0.1, 0.15) is 47.2 Å². The van der Waals surface area contributed by atoms with Gasteiger partial charge >= 0.3 is 0 Å². The predicted molar refractivity (Wildman–Crippen MR) is 164 cm³/mol. The molecule has 2 heteroatoms. The first-order chi connectivity index (χ1) is 17.7. The lowest BCUT2D eigenvalue weighted by molar-refractivity contribution is 1.14. The third-order valence-electron chi connectivity index (χ3n) is 6.84. The van der Waals surface area contributed by atoms with Gasteiger partial charge in [-0.15, -0.1) is 22.7 Å². The van der Waals surface area contributed by atoms with Gasteiger partial charge in [0.15, 0.2) is 0 Å². The average Bonchev–Trinajstić information content (AvgIpc) is 3.46. The lowest BCUT2D eigenvalue weighted by Gasteiger charge is -1.99. The van der Waals surface area contributed by atoms with Crippen LogP contribution in [0.2, 0.25) is 0 Å². The highest BCUT2D eigenvalue weighted by Gasteiger charge is 2.12. The molecule has 6 aromatic rings. The van der Waals surface area contributed by atoms with E-state index in [9.17, 15) is 0 Å². The summed E-state index contributed by atoms with van der Waals surface area (Å²) in [6.45, 7) is 4.39. The summed E-state index contributed by atoms with van der Waals surface area (Å²) in [7, 11) is 0.